The highest BCUT2D eigenvalue weighted by Crippen LogP contribution is 2.14. The Bertz CT molecular complexity index is 395. The quantitative estimate of drug-likeness (QED) is 0.773. The number of rotatable bonds is 6. The monoisotopic (exact) mass is 238 g/mol. The Kier molecular flexibility index (Phi) is 4.68. The normalized spacial score (nSPS) is 10.1. The van der Waals surface area contributed by atoms with Crippen LogP contribution in [-0.4, -0.2) is 41.2 Å². The molecule has 0 aliphatic rings. The summed E-state index contributed by atoms with van der Waals surface area (Å²) in [4.78, 5) is 20.6. The number of nitrogens with one attached hydrogen (secondary N) is 1. The third-order valence-corrected chi connectivity index (χ3v) is 2.14. The van der Waals surface area contributed by atoms with Gasteiger partial charge >= 0.3 is 5.97 Å². The SMILES string of the molecule is CCCNc1cc(N(C)CC(=O)O)nc(C)n1. The summed E-state index contributed by atoms with van der Waals surface area (Å²) in [5.74, 6) is 1.08. The van der Waals surface area contributed by atoms with Crippen molar-refractivity contribution in [3.63, 3.8) is 0 Å². The van der Waals surface area contributed by atoms with Crippen molar-refractivity contribution in [2.45, 2.75) is 20.3 Å². The fourth-order valence-electron chi connectivity index (χ4n) is 1.37. The fraction of sp³-hybridized carbons (Fsp3) is 0.545. The van der Waals surface area contributed by atoms with Crippen LogP contribution in [0.4, 0.5) is 11.6 Å². The average molecular weight is 238 g/mol. The first-order chi connectivity index (χ1) is 8.02. The van der Waals surface area contributed by atoms with Crippen LogP contribution in [0.5, 0.6) is 0 Å². The molecule has 6 heteroatoms. The van der Waals surface area contributed by atoms with Crippen molar-refractivity contribution in [2.24, 2.45) is 0 Å². The molecule has 17 heavy (non-hydrogen) atoms. The Morgan fingerprint density at radius 1 is 1.53 bits per heavy atom. The van der Waals surface area contributed by atoms with Gasteiger partial charge in [0.2, 0.25) is 0 Å². The van der Waals surface area contributed by atoms with E-state index >= 15 is 0 Å². The van der Waals surface area contributed by atoms with Gasteiger partial charge in [-0.3, -0.25) is 4.79 Å². The van der Waals surface area contributed by atoms with Crippen LogP contribution < -0.4 is 10.2 Å². The molecular formula is C11H18N4O2. The van der Waals surface area contributed by atoms with Gasteiger partial charge in [0.05, 0.1) is 0 Å². The van der Waals surface area contributed by atoms with Gasteiger partial charge in [0.15, 0.2) is 0 Å². The lowest BCUT2D eigenvalue weighted by Crippen LogP contribution is -2.26. The number of carboxylic acid groups (broad SMARTS) is 1. The summed E-state index contributed by atoms with van der Waals surface area (Å²) in [5.41, 5.74) is 0. The van der Waals surface area contributed by atoms with Crippen molar-refractivity contribution in [3.05, 3.63) is 11.9 Å². The van der Waals surface area contributed by atoms with Crippen molar-refractivity contribution in [1.29, 1.82) is 0 Å². The fourth-order valence-corrected chi connectivity index (χ4v) is 1.37. The molecule has 0 radical (unpaired) electrons. The Morgan fingerprint density at radius 3 is 2.82 bits per heavy atom. The van der Waals surface area contributed by atoms with Gasteiger partial charge in [0, 0.05) is 19.7 Å². The van der Waals surface area contributed by atoms with Crippen molar-refractivity contribution >= 4 is 17.6 Å². The van der Waals surface area contributed by atoms with Crippen LogP contribution in [0.25, 0.3) is 0 Å². The highest BCUT2D eigenvalue weighted by Gasteiger charge is 2.09. The molecule has 2 N–H and O–H groups in total. The van der Waals surface area contributed by atoms with Crippen LogP contribution in [0.2, 0.25) is 0 Å². The van der Waals surface area contributed by atoms with Gasteiger partial charge in [-0.1, -0.05) is 6.92 Å². The molecule has 0 aromatic carbocycles. The van der Waals surface area contributed by atoms with Crippen molar-refractivity contribution in [2.75, 3.05) is 30.4 Å². The average Bonchev–Trinajstić information content (AvgIpc) is 2.24. The molecule has 1 aromatic heterocycles. The van der Waals surface area contributed by atoms with Gasteiger partial charge in [-0.25, -0.2) is 9.97 Å². The van der Waals surface area contributed by atoms with Gasteiger partial charge in [0.25, 0.3) is 0 Å². The van der Waals surface area contributed by atoms with Gasteiger partial charge in [0.1, 0.15) is 24.0 Å². The van der Waals surface area contributed by atoms with Gasteiger partial charge < -0.3 is 15.3 Å². The van der Waals surface area contributed by atoms with E-state index in [1.54, 1.807) is 24.9 Å². The molecule has 0 bridgehead atoms. The Labute approximate surface area is 101 Å². The highest BCUT2D eigenvalue weighted by molar-refractivity contribution is 5.73. The zero-order valence-electron chi connectivity index (χ0n) is 10.4. The van der Waals surface area contributed by atoms with Crippen LogP contribution in [0.3, 0.4) is 0 Å². The second-order valence-electron chi connectivity index (χ2n) is 3.84. The van der Waals surface area contributed by atoms with E-state index in [-0.39, 0.29) is 6.54 Å². The standard InChI is InChI=1S/C11H18N4O2/c1-4-5-12-9-6-10(14-8(2)13-9)15(3)7-11(16)17/h6H,4-5,7H2,1-3H3,(H,16,17)(H,12,13,14). The summed E-state index contributed by atoms with van der Waals surface area (Å²) in [6.07, 6.45) is 1.00. The minimum Gasteiger partial charge on any atom is -0.480 e. The molecule has 1 heterocycles. The number of aliphatic carboxylic acids is 1. The molecular weight excluding hydrogens is 220 g/mol. The minimum absolute atomic E-state index is 0.0797. The third kappa shape index (κ3) is 4.26. The Hall–Kier alpha value is -1.85. The largest absolute Gasteiger partial charge is 0.480 e. The molecule has 6 nitrogen and oxygen atoms in total. The minimum atomic E-state index is -0.883. The number of likely N-dealkylation sites (N-methyl/N-ethyl adjacent to an activating group) is 1. The van der Waals surface area contributed by atoms with Crippen LogP contribution in [0.1, 0.15) is 19.2 Å². The first kappa shape index (κ1) is 13.2. The zero-order chi connectivity index (χ0) is 12.8. The summed E-state index contributed by atoms with van der Waals surface area (Å²) < 4.78 is 0. The smallest absolute Gasteiger partial charge is 0.323 e. The maximum atomic E-state index is 10.6. The predicted molar refractivity (Wildman–Crippen MR) is 66.5 cm³/mol. The van der Waals surface area contributed by atoms with E-state index in [1.165, 1.54) is 0 Å². The second-order valence-corrected chi connectivity index (χ2v) is 3.84. The third-order valence-electron chi connectivity index (χ3n) is 2.14. The lowest BCUT2D eigenvalue weighted by Gasteiger charge is -2.17. The maximum Gasteiger partial charge on any atom is 0.323 e. The topological polar surface area (TPSA) is 78.4 Å². The van der Waals surface area contributed by atoms with E-state index in [4.69, 9.17) is 5.11 Å². The van der Waals surface area contributed by atoms with E-state index in [9.17, 15) is 4.79 Å². The molecule has 0 aliphatic heterocycles. The molecule has 0 fully saturated rings. The molecule has 0 saturated carbocycles. The summed E-state index contributed by atoms with van der Waals surface area (Å²) in [5, 5.41) is 11.9. The first-order valence-corrected chi connectivity index (χ1v) is 5.55. The highest BCUT2D eigenvalue weighted by atomic mass is 16.4. The summed E-state index contributed by atoms with van der Waals surface area (Å²) in [6.45, 7) is 4.61. The number of hydrogen-bond acceptors (Lipinski definition) is 5. The molecule has 0 amide bonds. The summed E-state index contributed by atoms with van der Waals surface area (Å²) >= 11 is 0. The molecule has 0 aliphatic carbocycles. The number of anilines is 2. The number of carboxylic acids is 1. The number of nitrogens with zero attached hydrogens (tertiary/aromatic N) is 3. The Balaban J connectivity index is 2.84. The molecule has 0 spiro atoms. The van der Waals surface area contributed by atoms with Crippen molar-refractivity contribution in [3.8, 4) is 0 Å². The van der Waals surface area contributed by atoms with E-state index in [0.29, 0.717) is 11.6 Å². The van der Waals surface area contributed by atoms with Crippen LogP contribution in [-0.2, 0) is 4.79 Å². The van der Waals surface area contributed by atoms with Crippen molar-refractivity contribution in [1.82, 2.24) is 9.97 Å². The summed E-state index contributed by atoms with van der Waals surface area (Å²) in [7, 11) is 1.69. The molecule has 1 rings (SSSR count). The lowest BCUT2D eigenvalue weighted by molar-refractivity contribution is -0.135. The molecule has 0 atom stereocenters. The van der Waals surface area contributed by atoms with E-state index in [0.717, 1.165) is 18.8 Å². The van der Waals surface area contributed by atoms with Crippen LogP contribution in [0, 0.1) is 6.92 Å². The first-order valence-electron chi connectivity index (χ1n) is 5.55. The molecule has 94 valence electrons. The van der Waals surface area contributed by atoms with Gasteiger partial charge in [-0.05, 0) is 13.3 Å². The molecule has 0 unspecified atom stereocenters. The molecule has 1 aromatic rings. The van der Waals surface area contributed by atoms with Crippen LogP contribution in [0.15, 0.2) is 6.07 Å². The number of hydrogen-bond donors (Lipinski definition) is 2. The Morgan fingerprint density at radius 2 is 2.24 bits per heavy atom. The predicted octanol–water partition coefficient (Wildman–Crippen LogP) is 1.13. The number of carbonyl (C=O) groups is 1. The van der Waals surface area contributed by atoms with Crippen molar-refractivity contribution < 1.29 is 9.90 Å². The lowest BCUT2D eigenvalue weighted by atomic mass is 10.4. The van der Waals surface area contributed by atoms with E-state index in [1.807, 2.05) is 0 Å². The van der Waals surface area contributed by atoms with E-state index in [2.05, 4.69) is 22.2 Å². The van der Waals surface area contributed by atoms with Crippen LogP contribution >= 0.6 is 0 Å². The number of aromatic nitrogens is 2. The maximum absolute atomic E-state index is 10.6. The number of aryl methyl sites for hydroxylation is 1. The zero-order valence-corrected chi connectivity index (χ0v) is 10.4. The molecule has 0 saturated heterocycles. The van der Waals surface area contributed by atoms with Gasteiger partial charge in [-0.15, -0.1) is 0 Å². The second kappa shape index (κ2) is 6.03. The van der Waals surface area contributed by atoms with Gasteiger partial charge in [-0.2, -0.15) is 0 Å². The summed E-state index contributed by atoms with van der Waals surface area (Å²) in [6, 6.07) is 1.76. The van der Waals surface area contributed by atoms with E-state index < -0.39 is 5.97 Å².